The van der Waals surface area contributed by atoms with Crippen molar-refractivity contribution in [1.82, 2.24) is 9.97 Å². The van der Waals surface area contributed by atoms with Crippen molar-refractivity contribution in [2.24, 2.45) is 0 Å². The summed E-state index contributed by atoms with van der Waals surface area (Å²) in [6.45, 7) is 5.11. The van der Waals surface area contributed by atoms with Crippen molar-refractivity contribution in [1.29, 1.82) is 0 Å². The molecule has 0 amide bonds. The maximum absolute atomic E-state index is 6.18. The summed E-state index contributed by atoms with van der Waals surface area (Å²) in [6, 6.07) is 0. The fourth-order valence-corrected chi connectivity index (χ4v) is 3.19. The van der Waals surface area contributed by atoms with E-state index < -0.39 is 0 Å². The molecule has 5 heteroatoms. The van der Waals surface area contributed by atoms with Crippen molar-refractivity contribution in [3.05, 3.63) is 20.2 Å². The highest BCUT2D eigenvalue weighted by molar-refractivity contribution is 14.1. The number of ether oxygens (including phenoxy) is 1. The first-order valence-corrected chi connectivity index (χ1v) is 7.87. The number of nitrogens with zero attached hydrogens (tertiary/aromatic N) is 2. The van der Waals surface area contributed by atoms with E-state index in [4.69, 9.17) is 16.3 Å². The molecule has 1 atom stereocenters. The van der Waals surface area contributed by atoms with Crippen LogP contribution in [0, 0.1) is 3.57 Å². The third-order valence-corrected chi connectivity index (χ3v) is 4.77. The summed E-state index contributed by atoms with van der Waals surface area (Å²) in [5.74, 6) is 1.18. The lowest BCUT2D eigenvalue weighted by atomic mass is 10.1. The van der Waals surface area contributed by atoms with E-state index >= 15 is 0 Å². The molecule has 0 spiro atoms. The van der Waals surface area contributed by atoms with Gasteiger partial charge in [0.25, 0.3) is 0 Å². The molecular weight excluding hydrogens is 363 g/mol. The molecule has 100 valence electrons. The van der Waals surface area contributed by atoms with E-state index in [1.165, 1.54) is 12.8 Å². The second kappa shape index (κ2) is 6.48. The summed E-state index contributed by atoms with van der Waals surface area (Å²) in [4.78, 5) is 9.02. The quantitative estimate of drug-likeness (QED) is 0.588. The van der Waals surface area contributed by atoms with Crippen LogP contribution in [0.3, 0.4) is 0 Å². The van der Waals surface area contributed by atoms with Gasteiger partial charge in [-0.3, -0.25) is 0 Å². The highest BCUT2D eigenvalue weighted by Gasteiger charge is 2.19. The average Bonchev–Trinajstić information content (AvgIpc) is 2.34. The minimum atomic E-state index is 0.259. The molecule has 1 aromatic heterocycles. The molecule has 0 aromatic carbocycles. The Morgan fingerprint density at radius 2 is 2.17 bits per heavy atom. The topological polar surface area (TPSA) is 35.0 Å². The SMILES string of the molecule is CC(C)c1nc(CC2CCCCO2)nc(Cl)c1I. The number of hydrogen-bond acceptors (Lipinski definition) is 3. The molecule has 18 heavy (non-hydrogen) atoms. The third kappa shape index (κ3) is 3.54. The first kappa shape index (κ1) is 14.5. The van der Waals surface area contributed by atoms with Gasteiger partial charge in [0, 0.05) is 13.0 Å². The van der Waals surface area contributed by atoms with E-state index in [0.717, 1.165) is 34.5 Å². The van der Waals surface area contributed by atoms with Gasteiger partial charge < -0.3 is 4.74 Å². The van der Waals surface area contributed by atoms with Gasteiger partial charge >= 0.3 is 0 Å². The van der Waals surface area contributed by atoms with Gasteiger partial charge in [-0.1, -0.05) is 25.4 Å². The molecule has 1 aliphatic rings. The predicted octanol–water partition coefficient (Wildman–Crippen LogP) is 3.97. The summed E-state index contributed by atoms with van der Waals surface area (Å²) >= 11 is 8.40. The molecule has 3 nitrogen and oxygen atoms in total. The van der Waals surface area contributed by atoms with E-state index in [1.54, 1.807) is 0 Å². The van der Waals surface area contributed by atoms with Crippen molar-refractivity contribution in [2.75, 3.05) is 6.61 Å². The van der Waals surface area contributed by atoms with Crippen LogP contribution in [0.1, 0.15) is 50.5 Å². The van der Waals surface area contributed by atoms with E-state index in [1.807, 2.05) is 0 Å². The van der Waals surface area contributed by atoms with Gasteiger partial charge in [-0.15, -0.1) is 0 Å². The highest BCUT2D eigenvalue weighted by atomic mass is 127. The molecule has 1 fully saturated rings. The second-order valence-electron chi connectivity index (χ2n) is 4.98. The number of rotatable bonds is 3. The number of halogens is 2. The summed E-state index contributed by atoms with van der Waals surface area (Å²) in [6.07, 6.45) is 4.54. The van der Waals surface area contributed by atoms with Crippen LogP contribution in [0.2, 0.25) is 5.15 Å². The van der Waals surface area contributed by atoms with Gasteiger partial charge in [-0.05, 0) is 47.8 Å². The first-order chi connectivity index (χ1) is 8.58. The Labute approximate surface area is 127 Å². The smallest absolute Gasteiger partial charge is 0.146 e. The fraction of sp³-hybridized carbons (Fsp3) is 0.692. The number of aromatic nitrogens is 2. The minimum Gasteiger partial charge on any atom is -0.378 e. The minimum absolute atomic E-state index is 0.259. The molecule has 1 saturated heterocycles. The molecule has 2 rings (SSSR count). The Kier molecular flexibility index (Phi) is 5.21. The van der Waals surface area contributed by atoms with Crippen molar-refractivity contribution < 1.29 is 4.74 Å². The third-order valence-electron chi connectivity index (χ3n) is 3.11. The second-order valence-corrected chi connectivity index (χ2v) is 6.41. The lowest BCUT2D eigenvalue weighted by Gasteiger charge is -2.22. The van der Waals surface area contributed by atoms with Crippen molar-refractivity contribution in [3.63, 3.8) is 0 Å². The standard InChI is InChI=1S/C13H18ClIN2O/c1-8(2)12-11(15)13(14)17-10(16-12)7-9-5-3-4-6-18-9/h8-9H,3-7H2,1-2H3. The zero-order valence-electron chi connectivity index (χ0n) is 10.7. The Hall–Kier alpha value is 0.0600. The monoisotopic (exact) mass is 380 g/mol. The molecule has 0 bridgehead atoms. The zero-order chi connectivity index (χ0) is 13.1. The van der Waals surface area contributed by atoms with E-state index in [2.05, 4.69) is 46.4 Å². The molecular formula is C13H18ClIN2O. The summed E-state index contributed by atoms with van der Waals surface area (Å²) in [5.41, 5.74) is 1.04. The normalized spacial score (nSPS) is 20.4. The fourth-order valence-electron chi connectivity index (χ4n) is 2.13. The molecule has 1 aromatic rings. The van der Waals surface area contributed by atoms with Gasteiger partial charge in [-0.2, -0.15) is 0 Å². The maximum atomic E-state index is 6.18. The largest absolute Gasteiger partial charge is 0.378 e. The molecule has 0 radical (unpaired) electrons. The highest BCUT2D eigenvalue weighted by Crippen LogP contribution is 2.26. The van der Waals surface area contributed by atoms with Crippen LogP contribution in [0.5, 0.6) is 0 Å². The van der Waals surface area contributed by atoms with Crippen LogP contribution in [0.25, 0.3) is 0 Å². The average molecular weight is 381 g/mol. The molecule has 0 N–H and O–H groups in total. The maximum Gasteiger partial charge on any atom is 0.146 e. The van der Waals surface area contributed by atoms with Crippen LogP contribution in [-0.2, 0) is 11.2 Å². The summed E-state index contributed by atoms with van der Waals surface area (Å²) < 4.78 is 6.70. The lowest BCUT2D eigenvalue weighted by molar-refractivity contribution is 0.0156. The zero-order valence-corrected chi connectivity index (χ0v) is 13.7. The molecule has 0 saturated carbocycles. The van der Waals surface area contributed by atoms with Gasteiger partial charge in [0.05, 0.1) is 15.4 Å². The Morgan fingerprint density at radius 3 is 2.78 bits per heavy atom. The van der Waals surface area contributed by atoms with Crippen LogP contribution in [0.4, 0.5) is 0 Å². The molecule has 0 aliphatic carbocycles. The number of hydrogen-bond donors (Lipinski definition) is 0. The van der Waals surface area contributed by atoms with Gasteiger partial charge in [0.1, 0.15) is 11.0 Å². The van der Waals surface area contributed by atoms with Crippen LogP contribution < -0.4 is 0 Å². The first-order valence-electron chi connectivity index (χ1n) is 6.41. The van der Waals surface area contributed by atoms with E-state index in [-0.39, 0.29) is 6.10 Å². The van der Waals surface area contributed by atoms with E-state index in [9.17, 15) is 0 Å². The van der Waals surface area contributed by atoms with Gasteiger partial charge in [0.15, 0.2) is 0 Å². The van der Waals surface area contributed by atoms with Crippen molar-refractivity contribution >= 4 is 34.2 Å². The molecule has 1 aliphatic heterocycles. The van der Waals surface area contributed by atoms with E-state index in [0.29, 0.717) is 11.1 Å². The van der Waals surface area contributed by atoms with Crippen LogP contribution in [0.15, 0.2) is 0 Å². The Bertz CT molecular complexity index is 420. The Morgan fingerprint density at radius 1 is 1.39 bits per heavy atom. The van der Waals surface area contributed by atoms with Crippen molar-refractivity contribution in [3.8, 4) is 0 Å². The van der Waals surface area contributed by atoms with Crippen molar-refractivity contribution in [2.45, 2.75) is 51.6 Å². The Balaban J connectivity index is 2.17. The summed E-state index contributed by atoms with van der Waals surface area (Å²) in [7, 11) is 0. The van der Waals surface area contributed by atoms with Crippen LogP contribution in [-0.4, -0.2) is 22.7 Å². The molecule has 2 heterocycles. The summed E-state index contributed by atoms with van der Waals surface area (Å²) in [5, 5.41) is 0.570. The van der Waals surface area contributed by atoms with Crippen LogP contribution >= 0.6 is 34.2 Å². The van der Waals surface area contributed by atoms with Gasteiger partial charge in [0.2, 0.25) is 0 Å². The molecule has 1 unspecified atom stereocenters. The van der Waals surface area contributed by atoms with Gasteiger partial charge in [-0.25, -0.2) is 9.97 Å². The predicted molar refractivity (Wildman–Crippen MR) is 81.1 cm³/mol. The lowest BCUT2D eigenvalue weighted by Crippen LogP contribution is -2.23.